The van der Waals surface area contributed by atoms with Crippen LogP contribution in [0.4, 0.5) is 0 Å². The molecule has 21 heavy (non-hydrogen) atoms. The molecule has 4 nitrogen and oxygen atoms in total. The first-order chi connectivity index (χ1) is 9.49. The summed E-state index contributed by atoms with van der Waals surface area (Å²) in [5.41, 5.74) is 1.08. The fraction of sp³-hybridized carbons (Fsp3) is 0.533. The zero-order chi connectivity index (χ0) is 14.6. The molecule has 1 unspecified atom stereocenters. The summed E-state index contributed by atoms with van der Waals surface area (Å²) in [4.78, 5) is 12.1. The Labute approximate surface area is 140 Å². The largest absolute Gasteiger partial charge is 0.378 e. The molecule has 1 atom stereocenters. The number of amides is 1. The van der Waals surface area contributed by atoms with Crippen LogP contribution in [0.3, 0.4) is 0 Å². The van der Waals surface area contributed by atoms with Gasteiger partial charge in [0.2, 0.25) is 5.91 Å². The summed E-state index contributed by atoms with van der Waals surface area (Å²) in [5.74, 6) is 0.00720. The quantitative estimate of drug-likeness (QED) is 0.846. The number of morpholine rings is 1. The topological polar surface area (TPSA) is 50.4 Å². The molecule has 1 heterocycles. The summed E-state index contributed by atoms with van der Waals surface area (Å²) in [6.07, 6.45) is 0. The number of nitrogens with one attached hydrogen (secondary N) is 2. The predicted octanol–water partition coefficient (Wildman–Crippen LogP) is 2.25. The van der Waals surface area contributed by atoms with Crippen molar-refractivity contribution in [3.8, 4) is 0 Å². The van der Waals surface area contributed by atoms with E-state index in [0.29, 0.717) is 19.8 Å². The van der Waals surface area contributed by atoms with Crippen molar-refractivity contribution in [3.63, 3.8) is 0 Å². The Morgan fingerprint density at radius 3 is 2.90 bits per heavy atom. The van der Waals surface area contributed by atoms with Crippen LogP contribution in [-0.4, -0.2) is 38.3 Å². The highest BCUT2D eigenvalue weighted by molar-refractivity contribution is 9.10. The number of carbonyl (C=O) groups is 1. The van der Waals surface area contributed by atoms with Crippen molar-refractivity contribution >= 4 is 34.2 Å². The van der Waals surface area contributed by atoms with E-state index in [2.05, 4.69) is 52.5 Å². The van der Waals surface area contributed by atoms with Crippen molar-refractivity contribution in [1.82, 2.24) is 10.6 Å². The Kier molecular flexibility index (Phi) is 7.13. The highest BCUT2D eigenvalue weighted by atomic mass is 79.9. The van der Waals surface area contributed by atoms with Gasteiger partial charge in [-0.3, -0.25) is 4.79 Å². The highest BCUT2D eigenvalue weighted by Gasteiger charge is 2.25. The van der Waals surface area contributed by atoms with Gasteiger partial charge in [-0.25, -0.2) is 0 Å². The molecule has 118 valence electrons. The van der Waals surface area contributed by atoms with Gasteiger partial charge in [-0.15, -0.1) is 12.4 Å². The molecule has 0 radical (unpaired) electrons. The van der Waals surface area contributed by atoms with E-state index < -0.39 is 0 Å². The second kappa shape index (κ2) is 8.13. The van der Waals surface area contributed by atoms with Gasteiger partial charge in [-0.1, -0.05) is 41.9 Å². The van der Waals surface area contributed by atoms with Crippen LogP contribution in [0, 0.1) is 0 Å². The summed E-state index contributed by atoms with van der Waals surface area (Å²) in [6, 6.07) is 7.95. The zero-order valence-corrected chi connectivity index (χ0v) is 14.7. The molecule has 0 saturated carbocycles. The lowest BCUT2D eigenvalue weighted by atomic mass is 9.84. The van der Waals surface area contributed by atoms with Crippen molar-refractivity contribution in [3.05, 3.63) is 34.3 Å². The molecule has 1 aliphatic rings. The molecular formula is C15H22BrClN2O2. The smallest absolute Gasteiger partial charge is 0.239 e. The summed E-state index contributed by atoms with van der Waals surface area (Å²) < 4.78 is 6.36. The normalized spacial score (nSPS) is 18.7. The van der Waals surface area contributed by atoms with Gasteiger partial charge in [0, 0.05) is 23.0 Å². The molecule has 1 saturated heterocycles. The van der Waals surface area contributed by atoms with Crippen molar-refractivity contribution < 1.29 is 9.53 Å². The van der Waals surface area contributed by atoms with E-state index in [9.17, 15) is 4.79 Å². The molecule has 1 fully saturated rings. The maximum Gasteiger partial charge on any atom is 0.239 e. The second-order valence-corrected chi connectivity index (χ2v) is 6.61. The molecule has 1 aromatic carbocycles. The number of ether oxygens (including phenoxy) is 1. The van der Waals surface area contributed by atoms with Gasteiger partial charge < -0.3 is 15.4 Å². The number of hydrogen-bond donors (Lipinski definition) is 2. The molecule has 1 aliphatic heterocycles. The molecule has 2 N–H and O–H groups in total. The minimum absolute atomic E-state index is 0. The molecule has 0 bridgehead atoms. The number of halogens is 2. The van der Waals surface area contributed by atoms with Crippen LogP contribution in [0.1, 0.15) is 19.4 Å². The van der Waals surface area contributed by atoms with Crippen LogP contribution >= 0.6 is 28.3 Å². The average molecular weight is 378 g/mol. The Hall–Kier alpha value is -0.620. The summed E-state index contributed by atoms with van der Waals surface area (Å²) in [5, 5.41) is 6.17. The first kappa shape index (κ1) is 18.4. The number of rotatable bonds is 4. The van der Waals surface area contributed by atoms with E-state index >= 15 is 0 Å². The zero-order valence-electron chi connectivity index (χ0n) is 12.3. The number of hydrogen-bond acceptors (Lipinski definition) is 3. The number of benzene rings is 1. The SMILES string of the molecule is CC(C)(CNC(=O)C1COCCN1)c1cccc(Br)c1.Cl. The molecule has 6 heteroatoms. The fourth-order valence-electron chi connectivity index (χ4n) is 2.18. The molecule has 1 aromatic rings. The Morgan fingerprint density at radius 1 is 1.52 bits per heavy atom. The Morgan fingerprint density at radius 2 is 2.29 bits per heavy atom. The first-order valence-corrected chi connectivity index (χ1v) is 7.63. The van der Waals surface area contributed by atoms with Crippen molar-refractivity contribution in [2.75, 3.05) is 26.3 Å². The average Bonchev–Trinajstić information content (AvgIpc) is 2.46. The Balaban J connectivity index is 0.00000220. The van der Waals surface area contributed by atoms with Crippen LogP contribution in [0.5, 0.6) is 0 Å². The lowest BCUT2D eigenvalue weighted by molar-refractivity contribution is -0.126. The molecule has 2 rings (SSSR count). The van der Waals surface area contributed by atoms with E-state index in [4.69, 9.17) is 4.74 Å². The van der Waals surface area contributed by atoms with Crippen LogP contribution < -0.4 is 10.6 Å². The third-order valence-corrected chi connectivity index (χ3v) is 4.04. The van der Waals surface area contributed by atoms with Crippen LogP contribution in [0.25, 0.3) is 0 Å². The number of carbonyl (C=O) groups excluding carboxylic acids is 1. The van der Waals surface area contributed by atoms with Gasteiger partial charge in [0.25, 0.3) is 0 Å². The lowest BCUT2D eigenvalue weighted by Gasteiger charge is -2.28. The lowest BCUT2D eigenvalue weighted by Crippen LogP contribution is -2.52. The van der Waals surface area contributed by atoms with E-state index in [1.807, 2.05) is 12.1 Å². The minimum Gasteiger partial charge on any atom is -0.378 e. The van der Waals surface area contributed by atoms with E-state index in [-0.39, 0.29) is 29.8 Å². The minimum atomic E-state index is -0.234. The van der Waals surface area contributed by atoms with E-state index in [1.165, 1.54) is 5.56 Å². The molecule has 0 aromatic heterocycles. The van der Waals surface area contributed by atoms with Gasteiger partial charge in [0.05, 0.1) is 13.2 Å². The van der Waals surface area contributed by atoms with Gasteiger partial charge in [-0.05, 0) is 17.7 Å². The predicted molar refractivity (Wildman–Crippen MR) is 90.0 cm³/mol. The molecule has 0 aliphatic carbocycles. The van der Waals surface area contributed by atoms with Crippen molar-refractivity contribution in [1.29, 1.82) is 0 Å². The van der Waals surface area contributed by atoms with Gasteiger partial charge in [0.15, 0.2) is 0 Å². The van der Waals surface area contributed by atoms with Crippen molar-refractivity contribution in [2.24, 2.45) is 0 Å². The summed E-state index contributed by atoms with van der Waals surface area (Å²) in [7, 11) is 0. The first-order valence-electron chi connectivity index (χ1n) is 6.84. The second-order valence-electron chi connectivity index (χ2n) is 5.69. The standard InChI is InChI=1S/C15H21BrN2O2.ClH/c1-15(2,11-4-3-5-12(16)8-11)10-18-14(19)13-9-20-7-6-17-13;/h3-5,8,13,17H,6-7,9-10H2,1-2H3,(H,18,19);1H. The fourth-order valence-corrected chi connectivity index (χ4v) is 2.58. The van der Waals surface area contributed by atoms with Gasteiger partial charge in [0.1, 0.15) is 6.04 Å². The maximum atomic E-state index is 12.1. The van der Waals surface area contributed by atoms with Crippen LogP contribution in [0.15, 0.2) is 28.7 Å². The van der Waals surface area contributed by atoms with Crippen LogP contribution in [-0.2, 0) is 14.9 Å². The molecular weight excluding hydrogens is 356 g/mol. The summed E-state index contributed by atoms with van der Waals surface area (Å²) in [6.45, 7) is 6.70. The van der Waals surface area contributed by atoms with Crippen molar-refractivity contribution in [2.45, 2.75) is 25.3 Å². The third-order valence-electron chi connectivity index (χ3n) is 3.55. The molecule has 1 amide bonds. The van der Waals surface area contributed by atoms with Gasteiger partial charge in [-0.2, -0.15) is 0 Å². The van der Waals surface area contributed by atoms with E-state index in [0.717, 1.165) is 11.0 Å². The summed E-state index contributed by atoms with van der Waals surface area (Å²) >= 11 is 3.48. The van der Waals surface area contributed by atoms with E-state index in [1.54, 1.807) is 0 Å². The third kappa shape index (κ3) is 5.25. The van der Waals surface area contributed by atoms with Gasteiger partial charge >= 0.3 is 0 Å². The maximum absolute atomic E-state index is 12.1. The van der Waals surface area contributed by atoms with Crippen LogP contribution in [0.2, 0.25) is 0 Å². The monoisotopic (exact) mass is 376 g/mol. The highest BCUT2D eigenvalue weighted by Crippen LogP contribution is 2.25. The Bertz CT molecular complexity index is 476. The molecule has 0 spiro atoms.